The van der Waals surface area contributed by atoms with Crippen LogP contribution in [0.15, 0.2) is 94.7 Å². The summed E-state index contributed by atoms with van der Waals surface area (Å²) in [5.41, 5.74) is 7.42. The van der Waals surface area contributed by atoms with Gasteiger partial charge in [-0.15, -0.1) is 0 Å². The molecule has 0 bridgehead atoms. The average Bonchev–Trinajstić information content (AvgIpc) is 2.97. The number of nitriles is 2. The minimum Gasteiger partial charge on any atom is -0.215 e. The second-order valence-corrected chi connectivity index (χ2v) is 12.7. The maximum Gasteiger partial charge on any atom is 0.270 e. The summed E-state index contributed by atoms with van der Waals surface area (Å²) in [5, 5.41) is 17.2. The van der Waals surface area contributed by atoms with E-state index in [1.54, 1.807) is 36.4 Å². The van der Waals surface area contributed by atoms with Crippen LogP contribution in [0.25, 0.3) is 22.3 Å². The lowest BCUT2D eigenvalue weighted by Gasteiger charge is -2.12. The van der Waals surface area contributed by atoms with Crippen LogP contribution < -0.4 is 9.44 Å². The SMILES string of the molecule is CCc1ccc(-c2ccccc2S(=O)(=O)NC#N)c(C)c1.CCc1ccc(-c2ccccc2S(=O)(=O)NC#N)cc1C. The van der Waals surface area contributed by atoms with Gasteiger partial charge in [-0.05, 0) is 72.2 Å². The molecule has 4 aromatic rings. The van der Waals surface area contributed by atoms with Crippen LogP contribution in [-0.2, 0) is 32.9 Å². The maximum absolute atomic E-state index is 12.1. The average molecular weight is 601 g/mol. The number of sulfonamides is 2. The Balaban J connectivity index is 0.000000230. The third-order valence-electron chi connectivity index (χ3n) is 6.74. The minimum absolute atomic E-state index is 0.107. The molecule has 0 saturated carbocycles. The minimum atomic E-state index is -3.83. The molecule has 0 amide bonds. The van der Waals surface area contributed by atoms with Crippen molar-refractivity contribution in [3.05, 3.63) is 107 Å². The molecule has 0 unspecified atom stereocenters. The summed E-state index contributed by atoms with van der Waals surface area (Å²) in [7, 11) is -7.66. The standard InChI is InChI=1S/2C16H16N2O2S/c1-3-13-8-9-14(10-12(13)2)15-6-4-5-7-16(15)21(19,20)18-11-17;1-3-13-8-9-14(12(2)10-13)15-6-4-5-7-16(15)21(19,20)18-11-17/h2*4-10,18H,3H2,1-2H3. The largest absolute Gasteiger partial charge is 0.270 e. The Morgan fingerprint density at radius 3 is 1.67 bits per heavy atom. The molecule has 0 aliphatic heterocycles. The summed E-state index contributed by atoms with van der Waals surface area (Å²) in [6.45, 7) is 8.11. The summed E-state index contributed by atoms with van der Waals surface area (Å²) in [6.07, 6.45) is 4.82. The quantitative estimate of drug-likeness (QED) is 0.189. The van der Waals surface area contributed by atoms with Crippen molar-refractivity contribution in [2.75, 3.05) is 0 Å². The second kappa shape index (κ2) is 13.8. The second-order valence-electron chi connectivity index (χ2n) is 9.42. The lowest BCUT2D eigenvalue weighted by atomic mass is 9.98. The Morgan fingerprint density at radius 1 is 0.619 bits per heavy atom. The van der Waals surface area contributed by atoms with E-state index in [9.17, 15) is 16.8 Å². The van der Waals surface area contributed by atoms with Crippen LogP contribution in [0, 0.1) is 36.8 Å². The van der Waals surface area contributed by atoms with Gasteiger partial charge in [0, 0.05) is 11.1 Å². The van der Waals surface area contributed by atoms with E-state index in [0.717, 1.165) is 35.1 Å². The molecule has 4 aromatic carbocycles. The maximum atomic E-state index is 12.1. The summed E-state index contributed by atoms with van der Waals surface area (Å²) < 4.78 is 52.2. The van der Waals surface area contributed by atoms with Crippen LogP contribution in [0.5, 0.6) is 0 Å². The van der Waals surface area contributed by atoms with Gasteiger partial charge in [0.2, 0.25) is 0 Å². The molecule has 0 aliphatic rings. The Bertz CT molecular complexity index is 1890. The fourth-order valence-corrected chi connectivity index (χ4v) is 6.52. The predicted molar refractivity (Wildman–Crippen MR) is 164 cm³/mol. The summed E-state index contributed by atoms with van der Waals surface area (Å²) >= 11 is 0. The zero-order chi connectivity index (χ0) is 30.9. The first kappa shape index (κ1) is 31.9. The van der Waals surface area contributed by atoms with E-state index in [-0.39, 0.29) is 9.79 Å². The molecule has 8 nitrogen and oxygen atoms in total. The van der Waals surface area contributed by atoms with Gasteiger partial charge in [0.25, 0.3) is 20.0 Å². The summed E-state index contributed by atoms with van der Waals surface area (Å²) in [5.74, 6) is 0. The molecule has 0 spiro atoms. The van der Waals surface area contributed by atoms with Crippen LogP contribution in [0.2, 0.25) is 0 Å². The van der Waals surface area contributed by atoms with E-state index in [4.69, 9.17) is 10.5 Å². The van der Waals surface area contributed by atoms with Crippen molar-refractivity contribution in [1.82, 2.24) is 9.44 Å². The fourth-order valence-electron chi connectivity index (χ4n) is 4.60. The number of nitrogens with one attached hydrogen (secondary N) is 2. The highest BCUT2D eigenvalue weighted by molar-refractivity contribution is 7.90. The normalized spacial score (nSPS) is 10.9. The molecule has 0 aromatic heterocycles. The van der Waals surface area contributed by atoms with E-state index < -0.39 is 20.0 Å². The summed E-state index contributed by atoms with van der Waals surface area (Å²) in [6, 6.07) is 25.2. The Kier molecular flexibility index (Phi) is 10.5. The van der Waals surface area contributed by atoms with Gasteiger partial charge in [0.05, 0.1) is 9.79 Å². The highest BCUT2D eigenvalue weighted by Gasteiger charge is 2.20. The highest BCUT2D eigenvalue weighted by atomic mass is 32.2. The first-order chi connectivity index (χ1) is 20.0. The van der Waals surface area contributed by atoms with E-state index in [0.29, 0.717) is 11.1 Å². The van der Waals surface area contributed by atoms with Crippen molar-refractivity contribution in [2.45, 2.75) is 50.3 Å². The molecule has 10 heteroatoms. The number of hydrogen-bond donors (Lipinski definition) is 2. The molecule has 4 rings (SSSR count). The van der Waals surface area contributed by atoms with Crippen molar-refractivity contribution >= 4 is 20.0 Å². The van der Waals surface area contributed by atoms with E-state index >= 15 is 0 Å². The van der Waals surface area contributed by atoms with Crippen molar-refractivity contribution in [3.8, 4) is 34.6 Å². The topological polar surface area (TPSA) is 140 Å². The van der Waals surface area contributed by atoms with Gasteiger partial charge in [-0.2, -0.15) is 10.5 Å². The van der Waals surface area contributed by atoms with Crippen LogP contribution in [-0.4, -0.2) is 16.8 Å². The smallest absolute Gasteiger partial charge is 0.215 e. The van der Waals surface area contributed by atoms with Crippen molar-refractivity contribution in [1.29, 1.82) is 10.5 Å². The van der Waals surface area contributed by atoms with E-state index in [1.807, 2.05) is 53.6 Å². The lowest BCUT2D eigenvalue weighted by molar-refractivity contribution is 0.590. The molecule has 216 valence electrons. The van der Waals surface area contributed by atoms with Gasteiger partial charge in [-0.1, -0.05) is 86.6 Å². The number of benzene rings is 4. The van der Waals surface area contributed by atoms with Crippen LogP contribution in [0.4, 0.5) is 0 Å². The number of aryl methyl sites for hydroxylation is 4. The number of rotatable bonds is 8. The molecule has 2 N–H and O–H groups in total. The fraction of sp³-hybridized carbons (Fsp3) is 0.188. The number of hydrogen-bond acceptors (Lipinski definition) is 6. The zero-order valence-corrected chi connectivity index (χ0v) is 25.5. The van der Waals surface area contributed by atoms with Gasteiger partial charge in [0.1, 0.15) is 0 Å². The summed E-state index contributed by atoms with van der Waals surface area (Å²) in [4.78, 5) is 0.217. The third kappa shape index (κ3) is 7.35. The van der Waals surface area contributed by atoms with Gasteiger partial charge in [-0.3, -0.25) is 0 Å². The third-order valence-corrected chi connectivity index (χ3v) is 9.33. The number of nitrogens with zero attached hydrogens (tertiary/aromatic N) is 2. The van der Waals surface area contributed by atoms with Gasteiger partial charge < -0.3 is 0 Å². The molecular formula is C32H32N4O4S2. The van der Waals surface area contributed by atoms with Crippen LogP contribution in [0.1, 0.15) is 36.1 Å². The van der Waals surface area contributed by atoms with Gasteiger partial charge in [-0.25, -0.2) is 26.3 Å². The zero-order valence-electron chi connectivity index (χ0n) is 23.8. The monoisotopic (exact) mass is 600 g/mol. The van der Waals surface area contributed by atoms with Gasteiger partial charge in [0.15, 0.2) is 12.4 Å². The Morgan fingerprint density at radius 2 is 1.17 bits per heavy atom. The molecule has 0 saturated heterocycles. The first-order valence-electron chi connectivity index (χ1n) is 13.2. The first-order valence-corrected chi connectivity index (χ1v) is 16.1. The Labute approximate surface area is 248 Å². The van der Waals surface area contributed by atoms with Crippen LogP contribution in [0.3, 0.4) is 0 Å². The van der Waals surface area contributed by atoms with E-state index in [1.165, 1.54) is 35.6 Å². The predicted octanol–water partition coefficient (Wildman–Crippen LogP) is 5.97. The highest BCUT2D eigenvalue weighted by Crippen LogP contribution is 2.31. The molecule has 0 atom stereocenters. The molecular weight excluding hydrogens is 569 g/mol. The van der Waals surface area contributed by atoms with Crippen molar-refractivity contribution < 1.29 is 16.8 Å². The Hall–Kier alpha value is -4.64. The lowest BCUT2D eigenvalue weighted by Crippen LogP contribution is -2.19. The van der Waals surface area contributed by atoms with Crippen molar-refractivity contribution in [3.63, 3.8) is 0 Å². The molecule has 42 heavy (non-hydrogen) atoms. The molecule has 0 fully saturated rings. The van der Waals surface area contributed by atoms with E-state index in [2.05, 4.69) is 19.9 Å². The molecule has 0 heterocycles. The molecule has 0 aliphatic carbocycles. The van der Waals surface area contributed by atoms with Crippen molar-refractivity contribution in [2.24, 2.45) is 0 Å². The molecule has 0 radical (unpaired) electrons. The van der Waals surface area contributed by atoms with Crippen LogP contribution >= 0.6 is 0 Å². The van der Waals surface area contributed by atoms with Gasteiger partial charge >= 0.3 is 0 Å².